The van der Waals surface area contributed by atoms with Gasteiger partial charge in [-0.2, -0.15) is 4.39 Å². The van der Waals surface area contributed by atoms with Crippen LogP contribution in [0.4, 0.5) is 4.39 Å². The van der Waals surface area contributed by atoms with Crippen LogP contribution in [0, 0.1) is 0 Å². The first-order valence-corrected chi connectivity index (χ1v) is 9.27. The van der Waals surface area contributed by atoms with E-state index in [2.05, 4.69) is 32.1 Å². The molecular formula is C13H25FO4Si. The van der Waals surface area contributed by atoms with E-state index in [9.17, 15) is 9.18 Å². The molecule has 0 rings (SSSR count). The molecule has 0 radical (unpaired) electrons. The first-order valence-electron chi connectivity index (χ1n) is 6.74. The molecule has 4 nitrogen and oxygen atoms in total. The molecular weight excluding hydrogens is 267 g/mol. The molecule has 0 aliphatic carbocycles. The van der Waals surface area contributed by atoms with E-state index in [1.807, 2.05) is 0 Å². The van der Waals surface area contributed by atoms with Gasteiger partial charge in [0.2, 0.25) is 5.83 Å². The van der Waals surface area contributed by atoms with Crippen molar-refractivity contribution >= 4 is 14.3 Å². The van der Waals surface area contributed by atoms with E-state index in [1.54, 1.807) is 0 Å². The Morgan fingerprint density at radius 3 is 2.05 bits per heavy atom. The second-order valence-corrected chi connectivity index (χ2v) is 9.02. The lowest BCUT2D eigenvalue weighted by atomic mass is 10.6. The number of esters is 1. The van der Waals surface area contributed by atoms with Crippen LogP contribution in [0.5, 0.6) is 0 Å². The summed E-state index contributed by atoms with van der Waals surface area (Å²) in [5.74, 6) is -2.12. The van der Waals surface area contributed by atoms with E-state index in [0.29, 0.717) is 13.2 Å². The number of carbonyl (C=O) groups is 1. The Hall–Kier alpha value is -0.723. The van der Waals surface area contributed by atoms with Gasteiger partial charge in [0.05, 0.1) is 19.8 Å². The number of carbonyl (C=O) groups excluding carboxylic acids is 1. The minimum absolute atomic E-state index is 0.0275. The van der Waals surface area contributed by atoms with Crippen molar-refractivity contribution in [1.29, 1.82) is 0 Å². The average Bonchev–Trinajstić information content (AvgIpc) is 2.42. The lowest BCUT2D eigenvalue weighted by Gasteiger charge is -2.27. The van der Waals surface area contributed by atoms with Gasteiger partial charge < -0.3 is 13.9 Å². The van der Waals surface area contributed by atoms with Crippen molar-refractivity contribution in [2.75, 3.05) is 26.4 Å². The van der Waals surface area contributed by atoms with Gasteiger partial charge in [0, 0.05) is 0 Å². The molecule has 0 N–H and O–H groups in total. The molecule has 0 amide bonds. The predicted molar refractivity (Wildman–Crippen MR) is 75.2 cm³/mol. The molecule has 0 fully saturated rings. The van der Waals surface area contributed by atoms with E-state index in [-0.39, 0.29) is 13.2 Å². The van der Waals surface area contributed by atoms with Gasteiger partial charge in [0.15, 0.2) is 8.32 Å². The van der Waals surface area contributed by atoms with Crippen LogP contribution < -0.4 is 0 Å². The van der Waals surface area contributed by atoms with Crippen LogP contribution in [0.3, 0.4) is 0 Å². The summed E-state index contributed by atoms with van der Waals surface area (Å²) >= 11 is 0. The summed E-state index contributed by atoms with van der Waals surface area (Å²) in [6.45, 7) is 10.6. The smallest absolute Gasteiger partial charge is 0.366 e. The quantitative estimate of drug-likeness (QED) is 0.254. The van der Waals surface area contributed by atoms with E-state index in [4.69, 9.17) is 9.16 Å². The van der Waals surface area contributed by atoms with Crippen LogP contribution >= 0.6 is 0 Å². The molecule has 6 heteroatoms. The zero-order valence-electron chi connectivity index (χ0n) is 12.2. The summed E-state index contributed by atoms with van der Waals surface area (Å²) in [4.78, 5) is 10.7. The van der Waals surface area contributed by atoms with Crippen LogP contribution in [0.1, 0.15) is 20.8 Å². The minimum atomic E-state index is -1.55. The highest BCUT2D eigenvalue weighted by Gasteiger charge is 2.28. The normalized spacial score (nSPS) is 11.4. The second kappa shape index (κ2) is 10.1. The Morgan fingerprint density at radius 2 is 1.58 bits per heavy atom. The lowest BCUT2D eigenvalue weighted by molar-refractivity contribution is -0.142. The van der Waals surface area contributed by atoms with Crippen LogP contribution in [0.2, 0.25) is 18.1 Å². The maximum Gasteiger partial charge on any atom is 0.366 e. The van der Waals surface area contributed by atoms with Gasteiger partial charge in [-0.25, -0.2) is 4.79 Å². The van der Waals surface area contributed by atoms with Gasteiger partial charge >= 0.3 is 5.97 Å². The average molecular weight is 292 g/mol. The highest BCUT2D eigenvalue weighted by atomic mass is 28.4. The molecule has 0 aromatic carbocycles. The summed E-state index contributed by atoms with van der Waals surface area (Å²) in [5.41, 5.74) is 0. The SMILES string of the molecule is C=C(F)C(=O)OCCOCCO[Si](CC)(CC)CC. The fraction of sp³-hybridized carbons (Fsp3) is 0.769. The molecule has 0 aromatic rings. The first-order chi connectivity index (χ1) is 9.01. The molecule has 0 saturated heterocycles. The molecule has 0 atom stereocenters. The van der Waals surface area contributed by atoms with E-state index in [0.717, 1.165) is 18.1 Å². The number of ether oxygens (including phenoxy) is 2. The molecule has 0 spiro atoms. The minimum Gasteiger partial charge on any atom is -0.458 e. The van der Waals surface area contributed by atoms with Gasteiger partial charge in [-0.1, -0.05) is 27.4 Å². The molecule has 0 aliphatic heterocycles. The van der Waals surface area contributed by atoms with E-state index in [1.165, 1.54) is 0 Å². The fourth-order valence-corrected chi connectivity index (χ4v) is 4.38. The topological polar surface area (TPSA) is 44.8 Å². The van der Waals surface area contributed by atoms with E-state index >= 15 is 0 Å². The van der Waals surface area contributed by atoms with Crippen molar-refractivity contribution in [3.8, 4) is 0 Å². The molecule has 0 saturated carbocycles. The van der Waals surface area contributed by atoms with Crippen LogP contribution in [-0.4, -0.2) is 40.7 Å². The molecule has 112 valence electrons. The first kappa shape index (κ1) is 18.3. The largest absolute Gasteiger partial charge is 0.458 e. The Bertz CT molecular complexity index is 272. The Kier molecular flexibility index (Phi) is 9.73. The molecule has 0 aliphatic rings. The van der Waals surface area contributed by atoms with Gasteiger partial charge in [-0.05, 0) is 18.1 Å². The third-order valence-corrected chi connectivity index (χ3v) is 7.93. The van der Waals surface area contributed by atoms with Crippen LogP contribution in [-0.2, 0) is 18.7 Å². The zero-order chi connectivity index (χ0) is 14.7. The lowest BCUT2D eigenvalue weighted by Crippen LogP contribution is -2.36. The van der Waals surface area contributed by atoms with Crippen molar-refractivity contribution in [2.45, 2.75) is 38.9 Å². The van der Waals surface area contributed by atoms with Crippen LogP contribution in [0.15, 0.2) is 12.4 Å². The van der Waals surface area contributed by atoms with Gasteiger partial charge in [-0.15, -0.1) is 0 Å². The summed E-state index contributed by atoms with van der Waals surface area (Å²) in [6.07, 6.45) is 0. The Balaban J connectivity index is 3.60. The van der Waals surface area contributed by atoms with Gasteiger partial charge in [0.25, 0.3) is 0 Å². The molecule has 0 bridgehead atoms. The summed E-state index contributed by atoms with van der Waals surface area (Å²) in [6, 6.07) is 3.32. The summed E-state index contributed by atoms with van der Waals surface area (Å²) in [5, 5.41) is 0. The highest BCUT2D eigenvalue weighted by Crippen LogP contribution is 2.21. The Labute approximate surface area is 116 Å². The number of halogens is 1. The maximum absolute atomic E-state index is 12.2. The molecule has 0 unspecified atom stereocenters. The standard InChI is InChI=1S/C13H25FO4Si/c1-5-19(6-2,7-3)18-11-9-16-8-10-17-13(15)12(4)14/h4-11H2,1-3H3. The second-order valence-electron chi connectivity index (χ2n) is 4.25. The molecule has 0 heterocycles. The monoisotopic (exact) mass is 292 g/mol. The van der Waals surface area contributed by atoms with Crippen molar-refractivity contribution in [3.05, 3.63) is 12.4 Å². The van der Waals surface area contributed by atoms with Crippen molar-refractivity contribution in [3.63, 3.8) is 0 Å². The third-order valence-electron chi connectivity index (χ3n) is 3.25. The van der Waals surface area contributed by atoms with Crippen molar-refractivity contribution in [1.82, 2.24) is 0 Å². The fourth-order valence-electron chi connectivity index (χ4n) is 1.75. The molecule has 19 heavy (non-hydrogen) atoms. The molecule has 0 aromatic heterocycles. The zero-order valence-corrected chi connectivity index (χ0v) is 13.2. The highest BCUT2D eigenvalue weighted by molar-refractivity contribution is 6.73. The Morgan fingerprint density at radius 1 is 1.05 bits per heavy atom. The van der Waals surface area contributed by atoms with Crippen molar-refractivity contribution < 1.29 is 23.1 Å². The maximum atomic E-state index is 12.2. The number of hydrogen-bond donors (Lipinski definition) is 0. The third kappa shape index (κ3) is 7.44. The van der Waals surface area contributed by atoms with Gasteiger partial charge in [0.1, 0.15) is 6.61 Å². The summed E-state index contributed by atoms with van der Waals surface area (Å²) < 4.78 is 28.0. The number of rotatable bonds is 11. The van der Waals surface area contributed by atoms with Crippen LogP contribution in [0.25, 0.3) is 0 Å². The van der Waals surface area contributed by atoms with E-state index < -0.39 is 20.1 Å². The number of hydrogen-bond acceptors (Lipinski definition) is 4. The van der Waals surface area contributed by atoms with Crippen molar-refractivity contribution in [2.24, 2.45) is 0 Å². The predicted octanol–water partition coefficient (Wildman–Crippen LogP) is 3.05. The summed E-state index contributed by atoms with van der Waals surface area (Å²) in [7, 11) is -1.55. The van der Waals surface area contributed by atoms with Gasteiger partial charge in [-0.3, -0.25) is 0 Å².